The quantitative estimate of drug-likeness (QED) is 0.883. The molecule has 0 bridgehead atoms. The number of halogens is 1. The van der Waals surface area contributed by atoms with Crippen LogP contribution in [0.4, 0.5) is 0 Å². The van der Waals surface area contributed by atoms with Gasteiger partial charge in [-0.15, -0.1) is 0 Å². The number of nitrogens with zero attached hydrogens (tertiary/aromatic N) is 1. The van der Waals surface area contributed by atoms with Crippen molar-refractivity contribution >= 4 is 33.3 Å². The largest absolute Gasteiger partial charge is 0.478 e. The number of carbonyl (C=O) groups is 2. The van der Waals surface area contributed by atoms with Crippen LogP contribution < -0.4 is 0 Å². The fourth-order valence-electron chi connectivity index (χ4n) is 1.75. The Labute approximate surface area is 128 Å². The molecule has 0 atom stereocenters. The van der Waals surface area contributed by atoms with Gasteiger partial charge < -0.3 is 10.0 Å². The maximum atomic E-state index is 12.3. The first kappa shape index (κ1) is 17.5. The SMILES string of the molecule is Cc1c(C(=O)O)cc(Cl)cc1S(=O)(=O)CCC(=O)N(C)C. The first-order valence-electron chi connectivity index (χ1n) is 6.02. The minimum atomic E-state index is -3.79. The summed E-state index contributed by atoms with van der Waals surface area (Å²) >= 11 is 5.78. The molecule has 0 fully saturated rings. The molecule has 0 saturated carbocycles. The van der Waals surface area contributed by atoms with Gasteiger partial charge in [-0.1, -0.05) is 11.6 Å². The number of aromatic carboxylic acids is 1. The molecule has 8 heteroatoms. The standard InChI is InChI=1S/C13H16ClNO5S/c1-8-10(13(17)18)6-9(14)7-11(8)21(19,20)5-4-12(16)15(2)3/h6-7H,4-5H2,1-3H3,(H,17,18). The lowest BCUT2D eigenvalue weighted by Gasteiger charge is -2.13. The number of sulfone groups is 1. The topological polar surface area (TPSA) is 91.7 Å². The predicted molar refractivity (Wildman–Crippen MR) is 78.5 cm³/mol. The Bertz CT molecular complexity index is 682. The highest BCUT2D eigenvalue weighted by molar-refractivity contribution is 7.91. The summed E-state index contributed by atoms with van der Waals surface area (Å²) in [4.78, 5) is 23.7. The molecule has 1 aromatic carbocycles. The zero-order valence-electron chi connectivity index (χ0n) is 11.9. The molecule has 0 aliphatic rings. The Hall–Kier alpha value is -1.60. The smallest absolute Gasteiger partial charge is 0.336 e. The monoisotopic (exact) mass is 333 g/mol. The van der Waals surface area contributed by atoms with E-state index in [-0.39, 0.29) is 33.4 Å². The van der Waals surface area contributed by atoms with Crippen molar-refractivity contribution in [2.45, 2.75) is 18.2 Å². The summed E-state index contributed by atoms with van der Waals surface area (Å²) in [5.41, 5.74) is -0.0517. The van der Waals surface area contributed by atoms with Crippen molar-refractivity contribution in [1.29, 1.82) is 0 Å². The Morgan fingerprint density at radius 1 is 1.29 bits per heavy atom. The molecular weight excluding hydrogens is 318 g/mol. The van der Waals surface area contributed by atoms with E-state index in [0.717, 1.165) is 0 Å². The van der Waals surface area contributed by atoms with Crippen LogP contribution in [0.2, 0.25) is 5.02 Å². The molecule has 116 valence electrons. The van der Waals surface area contributed by atoms with E-state index in [4.69, 9.17) is 16.7 Å². The van der Waals surface area contributed by atoms with E-state index in [2.05, 4.69) is 0 Å². The van der Waals surface area contributed by atoms with Crippen molar-refractivity contribution < 1.29 is 23.1 Å². The molecule has 1 rings (SSSR count). The van der Waals surface area contributed by atoms with Crippen molar-refractivity contribution in [2.24, 2.45) is 0 Å². The second kappa shape index (κ2) is 6.44. The Balaban J connectivity index is 3.20. The maximum Gasteiger partial charge on any atom is 0.336 e. The van der Waals surface area contributed by atoms with Crippen molar-refractivity contribution in [2.75, 3.05) is 19.8 Å². The van der Waals surface area contributed by atoms with Gasteiger partial charge in [0.15, 0.2) is 9.84 Å². The average Bonchev–Trinajstić information content (AvgIpc) is 2.37. The van der Waals surface area contributed by atoms with Crippen LogP contribution >= 0.6 is 11.6 Å². The molecule has 0 unspecified atom stereocenters. The average molecular weight is 334 g/mol. The third-order valence-corrected chi connectivity index (χ3v) is 5.03. The highest BCUT2D eigenvalue weighted by Gasteiger charge is 2.23. The van der Waals surface area contributed by atoms with E-state index >= 15 is 0 Å². The molecule has 0 saturated heterocycles. The highest BCUT2D eigenvalue weighted by Crippen LogP contribution is 2.25. The summed E-state index contributed by atoms with van der Waals surface area (Å²) in [6.07, 6.45) is -0.177. The lowest BCUT2D eigenvalue weighted by atomic mass is 10.1. The minimum absolute atomic E-state index is 0.0236. The Morgan fingerprint density at radius 3 is 2.33 bits per heavy atom. The third-order valence-electron chi connectivity index (χ3n) is 2.97. The molecule has 1 amide bonds. The highest BCUT2D eigenvalue weighted by atomic mass is 35.5. The van der Waals surface area contributed by atoms with Gasteiger partial charge in [-0.2, -0.15) is 0 Å². The molecule has 1 N–H and O–H groups in total. The van der Waals surface area contributed by atoms with E-state index in [0.29, 0.717) is 0 Å². The van der Waals surface area contributed by atoms with Crippen molar-refractivity contribution in [3.05, 3.63) is 28.3 Å². The van der Waals surface area contributed by atoms with Crippen LogP contribution in [0.25, 0.3) is 0 Å². The second-order valence-electron chi connectivity index (χ2n) is 4.74. The number of carboxylic acids is 1. The van der Waals surface area contributed by atoms with E-state index in [1.54, 1.807) is 0 Å². The van der Waals surface area contributed by atoms with Gasteiger partial charge >= 0.3 is 5.97 Å². The van der Waals surface area contributed by atoms with Crippen LogP contribution in [0.3, 0.4) is 0 Å². The Morgan fingerprint density at radius 2 is 1.86 bits per heavy atom. The lowest BCUT2D eigenvalue weighted by Crippen LogP contribution is -2.24. The third kappa shape index (κ3) is 4.18. The molecule has 0 radical (unpaired) electrons. The van der Waals surface area contributed by atoms with Gasteiger partial charge in [0.1, 0.15) is 0 Å². The zero-order valence-corrected chi connectivity index (χ0v) is 13.5. The molecule has 0 aromatic heterocycles. The van der Waals surface area contributed by atoms with Crippen molar-refractivity contribution in [3.8, 4) is 0 Å². The first-order valence-corrected chi connectivity index (χ1v) is 8.05. The van der Waals surface area contributed by atoms with Gasteiger partial charge in [0, 0.05) is 25.5 Å². The summed E-state index contributed by atoms with van der Waals surface area (Å²) in [6, 6.07) is 2.40. The molecule has 1 aromatic rings. The van der Waals surface area contributed by atoms with Crippen LogP contribution in [-0.4, -0.2) is 50.1 Å². The Kier molecular flexibility index (Phi) is 5.36. The molecule has 0 heterocycles. The van der Waals surface area contributed by atoms with E-state index in [1.165, 1.54) is 38.1 Å². The summed E-state index contributed by atoms with van der Waals surface area (Å²) in [6.45, 7) is 1.40. The van der Waals surface area contributed by atoms with Gasteiger partial charge in [0.25, 0.3) is 0 Å². The van der Waals surface area contributed by atoms with Crippen LogP contribution in [0.15, 0.2) is 17.0 Å². The maximum absolute atomic E-state index is 12.3. The first-order chi connectivity index (χ1) is 9.56. The molecule has 0 aliphatic heterocycles. The number of hydrogen-bond donors (Lipinski definition) is 1. The number of amides is 1. The van der Waals surface area contributed by atoms with Crippen molar-refractivity contribution in [1.82, 2.24) is 4.90 Å². The van der Waals surface area contributed by atoms with Crippen LogP contribution in [0, 0.1) is 6.92 Å². The van der Waals surface area contributed by atoms with E-state index < -0.39 is 21.6 Å². The minimum Gasteiger partial charge on any atom is -0.478 e. The van der Waals surface area contributed by atoms with Gasteiger partial charge in [-0.05, 0) is 24.6 Å². The van der Waals surface area contributed by atoms with Gasteiger partial charge in [-0.25, -0.2) is 13.2 Å². The molecule has 21 heavy (non-hydrogen) atoms. The number of carbonyl (C=O) groups excluding carboxylic acids is 1. The number of rotatable bonds is 5. The molecular formula is C13H16ClNO5S. The molecule has 0 aliphatic carbocycles. The number of hydrogen-bond acceptors (Lipinski definition) is 4. The molecule has 6 nitrogen and oxygen atoms in total. The number of benzene rings is 1. The second-order valence-corrected chi connectivity index (χ2v) is 7.25. The lowest BCUT2D eigenvalue weighted by molar-refractivity contribution is -0.128. The van der Waals surface area contributed by atoms with Gasteiger partial charge in [-0.3, -0.25) is 4.79 Å². The van der Waals surface area contributed by atoms with E-state index in [9.17, 15) is 18.0 Å². The normalized spacial score (nSPS) is 11.2. The summed E-state index contributed by atoms with van der Waals surface area (Å²) in [5, 5.41) is 9.08. The van der Waals surface area contributed by atoms with Gasteiger partial charge in [0.2, 0.25) is 5.91 Å². The summed E-state index contributed by atoms with van der Waals surface area (Å²) in [5.74, 6) is -1.97. The van der Waals surface area contributed by atoms with E-state index in [1.807, 2.05) is 0 Å². The fourth-order valence-corrected chi connectivity index (χ4v) is 3.58. The number of carboxylic acid groups (broad SMARTS) is 1. The van der Waals surface area contributed by atoms with Crippen LogP contribution in [-0.2, 0) is 14.6 Å². The van der Waals surface area contributed by atoms with Crippen LogP contribution in [0.5, 0.6) is 0 Å². The predicted octanol–water partition coefficient (Wildman–Crippen LogP) is 1.60. The summed E-state index contributed by atoms with van der Waals surface area (Å²) < 4.78 is 24.6. The van der Waals surface area contributed by atoms with Crippen molar-refractivity contribution in [3.63, 3.8) is 0 Å². The fraction of sp³-hybridized carbons (Fsp3) is 0.385. The van der Waals surface area contributed by atoms with Gasteiger partial charge in [0.05, 0.1) is 16.2 Å². The van der Waals surface area contributed by atoms with Crippen LogP contribution in [0.1, 0.15) is 22.3 Å². The summed E-state index contributed by atoms with van der Waals surface area (Å²) in [7, 11) is -0.734. The zero-order chi connectivity index (χ0) is 16.4. The molecule has 0 spiro atoms.